The fraction of sp³-hybridized carbons (Fsp3) is 0.677. The Bertz CT molecular complexity index is 1120. The van der Waals surface area contributed by atoms with E-state index in [1.165, 1.54) is 19.3 Å². The lowest BCUT2D eigenvalue weighted by molar-refractivity contribution is -0.149. The zero-order chi connectivity index (χ0) is 26.7. The van der Waals surface area contributed by atoms with Crippen LogP contribution in [0.5, 0.6) is 5.75 Å². The summed E-state index contributed by atoms with van der Waals surface area (Å²) in [4.78, 5) is 29.6. The van der Waals surface area contributed by atoms with E-state index in [1.54, 1.807) is 0 Å². The van der Waals surface area contributed by atoms with Crippen LogP contribution in [-0.2, 0) is 14.3 Å². The van der Waals surface area contributed by atoms with E-state index >= 15 is 0 Å². The van der Waals surface area contributed by atoms with Gasteiger partial charge in [-0.05, 0) is 80.3 Å². The van der Waals surface area contributed by atoms with Gasteiger partial charge in [0.15, 0.2) is 0 Å². The molecule has 4 bridgehead atoms. The molecule has 2 aliphatic heterocycles. The Hall–Kier alpha value is -2.42. The van der Waals surface area contributed by atoms with Crippen molar-refractivity contribution >= 4 is 11.8 Å². The number of amides is 2. The van der Waals surface area contributed by atoms with E-state index < -0.39 is 24.2 Å². The molecule has 8 nitrogen and oxygen atoms in total. The number of aliphatic hydroxyl groups is 2. The van der Waals surface area contributed by atoms with Gasteiger partial charge >= 0.3 is 0 Å². The molecule has 8 rings (SSSR count). The number of aliphatic hydroxyl groups excluding tert-OH is 2. The van der Waals surface area contributed by atoms with Crippen molar-refractivity contribution in [1.29, 1.82) is 0 Å². The molecule has 0 aromatic heterocycles. The number of nitrogens with one attached hydrogen (secondary N) is 1. The summed E-state index contributed by atoms with van der Waals surface area (Å²) in [5, 5.41) is 24.1. The molecule has 8 heteroatoms. The Balaban J connectivity index is 1.27. The minimum atomic E-state index is -0.975. The van der Waals surface area contributed by atoms with E-state index in [0.29, 0.717) is 37.5 Å². The third-order valence-electron chi connectivity index (χ3n) is 10.5. The van der Waals surface area contributed by atoms with E-state index in [4.69, 9.17) is 9.47 Å². The average Bonchev–Trinajstić information content (AvgIpc) is 3.59. The molecule has 5 fully saturated rings. The molecule has 1 unspecified atom stereocenters. The summed E-state index contributed by atoms with van der Waals surface area (Å²) in [7, 11) is 0. The number of ether oxygens (including phenoxy) is 2. The van der Waals surface area contributed by atoms with Gasteiger partial charge in [0.05, 0.1) is 31.1 Å². The molecule has 5 aliphatic carbocycles. The number of fused-ring (bicyclic) bond motifs is 3. The maximum absolute atomic E-state index is 14.2. The van der Waals surface area contributed by atoms with Crippen LogP contribution >= 0.6 is 0 Å². The van der Waals surface area contributed by atoms with E-state index in [1.807, 2.05) is 35.2 Å². The fourth-order valence-corrected chi connectivity index (χ4v) is 9.33. The summed E-state index contributed by atoms with van der Waals surface area (Å²) in [6, 6.07) is 6.94. The maximum atomic E-state index is 14.2. The molecule has 2 amide bonds. The van der Waals surface area contributed by atoms with Crippen LogP contribution in [0.4, 0.5) is 0 Å². The molecule has 5 atom stereocenters. The van der Waals surface area contributed by atoms with Crippen molar-refractivity contribution in [2.24, 2.45) is 29.1 Å². The summed E-state index contributed by atoms with van der Waals surface area (Å²) < 4.78 is 11.9. The number of carbonyl (C=O) groups is 2. The van der Waals surface area contributed by atoms with Crippen molar-refractivity contribution in [1.82, 2.24) is 10.2 Å². The Morgan fingerprint density at radius 2 is 1.79 bits per heavy atom. The lowest BCUT2D eigenvalue weighted by atomic mass is 9.49. The molecule has 1 aromatic carbocycles. The number of benzene rings is 1. The fourth-order valence-electron chi connectivity index (χ4n) is 9.33. The van der Waals surface area contributed by atoms with Crippen LogP contribution in [0.2, 0.25) is 0 Å². The predicted molar refractivity (Wildman–Crippen MR) is 143 cm³/mol. The van der Waals surface area contributed by atoms with Crippen LogP contribution in [0, 0.1) is 29.1 Å². The first-order chi connectivity index (χ1) is 18.9. The van der Waals surface area contributed by atoms with Gasteiger partial charge < -0.3 is 29.9 Å². The predicted octanol–water partition coefficient (Wildman–Crippen LogP) is 2.39. The van der Waals surface area contributed by atoms with Gasteiger partial charge in [0.25, 0.3) is 0 Å². The van der Waals surface area contributed by atoms with Crippen LogP contribution in [-0.4, -0.2) is 78.1 Å². The maximum Gasteiger partial charge on any atom is 0.247 e. The van der Waals surface area contributed by atoms with E-state index in [-0.39, 0.29) is 36.3 Å². The Morgan fingerprint density at radius 3 is 2.46 bits per heavy atom. The zero-order valence-corrected chi connectivity index (χ0v) is 22.5. The second-order valence-corrected chi connectivity index (χ2v) is 13.1. The smallest absolute Gasteiger partial charge is 0.247 e. The van der Waals surface area contributed by atoms with Gasteiger partial charge in [-0.2, -0.15) is 0 Å². The van der Waals surface area contributed by atoms with Crippen LogP contribution in [0.1, 0.15) is 56.4 Å². The largest absolute Gasteiger partial charge is 0.486 e. The molecule has 39 heavy (non-hydrogen) atoms. The number of hydrogen-bond donors (Lipinski definition) is 3. The molecule has 3 N–H and O–H groups in total. The topological polar surface area (TPSA) is 108 Å². The quantitative estimate of drug-likeness (QED) is 0.494. The van der Waals surface area contributed by atoms with Crippen LogP contribution in [0.3, 0.4) is 0 Å². The summed E-state index contributed by atoms with van der Waals surface area (Å²) >= 11 is 0. The Kier molecular flexibility index (Phi) is 6.48. The summed E-state index contributed by atoms with van der Waals surface area (Å²) in [6.45, 7) is 1.56. The van der Waals surface area contributed by atoms with Crippen LogP contribution in [0.25, 0.3) is 0 Å². The number of rotatable bonds is 7. The lowest BCUT2D eigenvalue weighted by Gasteiger charge is -2.58. The van der Waals surface area contributed by atoms with Gasteiger partial charge in [0, 0.05) is 30.8 Å². The van der Waals surface area contributed by atoms with Crippen molar-refractivity contribution in [3.63, 3.8) is 0 Å². The van der Waals surface area contributed by atoms with Gasteiger partial charge in [-0.1, -0.05) is 18.2 Å². The molecule has 1 aromatic rings. The first kappa shape index (κ1) is 25.5. The number of nitrogens with zero attached hydrogens (tertiary/aromatic N) is 1. The van der Waals surface area contributed by atoms with Crippen molar-refractivity contribution in [2.75, 3.05) is 32.9 Å². The Labute approximate surface area is 229 Å². The highest BCUT2D eigenvalue weighted by molar-refractivity contribution is 5.96. The average molecular weight is 537 g/mol. The molecule has 210 valence electrons. The molecule has 0 radical (unpaired) electrons. The number of hydrogen-bond acceptors (Lipinski definition) is 6. The number of carbonyl (C=O) groups excluding carboxylic acids is 2. The summed E-state index contributed by atoms with van der Waals surface area (Å²) in [5.74, 6) is 1.96. The molecular weight excluding hydrogens is 496 g/mol. The highest BCUT2D eigenvalue weighted by atomic mass is 16.5. The molecule has 2 heterocycles. The third kappa shape index (κ3) is 4.39. The zero-order valence-electron chi connectivity index (χ0n) is 22.5. The van der Waals surface area contributed by atoms with Gasteiger partial charge in [-0.3, -0.25) is 9.59 Å². The highest BCUT2D eigenvalue weighted by Crippen LogP contribution is 2.60. The first-order valence-electron chi connectivity index (χ1n) is 14.9. The van der Waals surface area contributed by atoms with Gasteiger partial charge in [-0.25, -0.2) is 0 Å². The molecule has 1 saturated heterocycles. The van der Waals surface area contributed by atoms with Crippen molar-refractivity contribution < 1.29 is 29.3 Å². The molecular formula is C31H40N2O6. The third-order valence-corrected chi connectivity index (χ3v) is 10.5. The van der Waals surface area contributed by atoms with Gasteiger partial charge in [0.2, 0.25) is 11.8 Å². The first-order valence-corrected chi connectivity index (χ1v) is 14.9. The standard InChI is InChI=1S/C31H40N2O6/c34-7-6-32-29(36)23-12-24(27(35)28-26(23)22-3-1-2-4-25(22)39-28)33(30(37)21-5-8-38-16-21)17-31-13-18-9-19(14-31)11-20(10-18)15-31/h1-4,12,18-21,24,26-28,34-35H,5-11,13-17H2,(H,32,36)/t18?,19?,20?,21?,24-,26+,27+,28+,31?/m1/s1. The summed E-state index contributed by atoms with van der Waals surface area (Å²) in [6.07, 6.45) is 8.27. The molecule has 7 aliphatic rings. The second kappa shape index (κ2) is 9.89. The van der Waals surface area contributed by atoms with Crippen LogP contribution in [0.15, 0.2) is 35.9 Å². The monoisotopic (exact) mass is 536 g/mol. The normalized spacial score (nSPS) is 39.5. The van der Waals surface area contributed by atoms with E-state index in [0.717, 1.165) is 42.6 Å². The van der Waals surface area contributed by atoms with Gasteiger partial charge in [0.1, 0.15) is 18.0 Å². The van der Waals surface area contributed by atoms with Crippen molar-refractivity contribution in [3.8, 4) is 5.75 Å². The molecule has 4 saturated carbocycles. The van der Waals surface area contributed by atoms with E-state index in [9.17, 15) is 19.8 Å². The number of para-hydroxylation sites is 1. The second-order valence-electron chi connectivity index (χ2n) is 13.1. The van der Waals surface area contributed by atoms with Crippen molar-refractivity contribution in [2.45, 2.75) is 69.1 Å². The Morgan fingerprint density at radius 1 is 1.08 bits per heavy atom. The lowest BCUT2D eigenvalue weighted by Crippen LogP contribution is -2.60. The minimum Gasteiger partial charge on any atom is -0.486 e. The minimum absolute atomic E-state index is 0.0209. The van der Waals surface area contributed by atoms with E-state index in [2.05, 4.69) is 5.32 Å². The van der Waals surface area contributed by atoms with Gasteiger partial charge in [-0.15, -0.1) is 0 Å². The van der Waals surface area contributed by atoms with Crippen molar-refractivity contribution in [3.05, 3.63) is 41.5 Å². The van der Waals surface area contributed by atoms with Crippen LogP contribution < -0.4 is 10.1 Å². The SMILES string of the molecule is O=C(NCCO)C1=C[C@@H](N(CC23CC4CC(CC(C4)C2)C3)C(=O)C2CCOC2)[C@H](O)[C@H]2Oc3ccccc3[C@@H]12. The summed E-state index contributed by atoms with van der Waals surface area (Å²) in [5.41, 5.74) is 1.45. The molecule has 0 spiro atoms. The highest BCUT2D eigenvalue weighted by Gasteiger charge is 2.55.